The van der Waals surface area contributed by atoms with Crippen LogP contribution in [0.1, 0.15) is 0 Å². The van der Waals surface area contributed by atoms with Gasteiger partial charge in [-0.1, -0.05) is 8.96 Å². The summed E-state index contributed by atoms with van der Waals surface area (Å²) < 4.78 is 217. The molecule has 0 spiro atoms. The smallest absolute Gasteiger partial charge is 0.262 e. The maximum absolute atomic E-state index is 13.3. The van der Waals surface area contributed by atoms with Gasteiger partial charge in [0.1, 0.15) is 0 Å². The molecule has 180 valence electrons. The zero-order valence-corrected chi connectivity index (χ0v) is 13.2. The fraction of sp³-hybridized carbons (Fsp3) is 0.909. The van der Waals surface area contributed by atoms with Gasteiger partial charge in [-0.3, -0.25) is 4.79 Å². The van der Waals surface area contributed by atoms with Gasteiger partial charge in [-0.2, -0.15) is 35.1 Å². The van der Waals surface area contributed by atoms with Crippen LogP contribution in [0.5, 0.6) is 0 Å². The van der Waals surface area contributed by atoms with E-state index in [2.05, 4.69) is 0 Å². The molecule has 0 fully saturated rings. The minimum absolute atomic E-state index is 3.44. The third kappa shape index (κ3) is 4.47. The quantitative estimate of drug-likeness (QED) is 0.309. The van der Waals surface area contributed by atoms with Gasteiger partial charge in [0, 0.05) is 5.34 Å². The molecule has 0 saturated heterocycles. The fourth-order valence-corrected chi connectivity index (χ4v) is 1.67. The van der Waals surface area contributed by atoms with Crippen LogP contribution in [0.3, 0.4) is 0 Å². The third-order valence-electron chi connectivity index (χ3n) is 3.41. The number of nitrogens with zero attached hydrogens (tertiary/aromatic N) is 1. The van der Waals surface area contributed by atoms with Crippen molar-refractivity contribution in [3.63, 3.8) is 0 Å². The number of carbonyl (C=O) groups excluding carboxylic acids is 1. The second kappa shape index (κ2) is 8.80. The predicted octanol–water partition coefficient (Wildman–Crippen LogP) is 5.08. The lowest BCUT2D eigenvalue weighted by molar-refractivity contribution is -0.375. The van der Waals surface area contributed by atoms with Gasteiger partial charge >= 0.3 is 29.6 Å². The topological polar surface area (TPSA) is 20.3 Å². The first kappa shape index (κ1) is 28.3. The Morgan fingerprint density at radius 1 is 0.600 bits per heavy atom. The van der Waals surface area contributed by atoms with Crippen molar-refractivity contribution in [3.05, 3.63) is 0 Å². The van der Waals surface area contributed by atoms with E-state index in [1.165, 1.54) is 0 Å². The van der Waals surface area contributed by atoms with Crippen LogP contribution in [0.2, 0.25) is 0 Å². The van der Waals surface area contributed by atoms with Crippen LogP contribution in [0.4, 0.5) is 74.8 Å². The van der Waals surface area contributed by atoms with Crippen LogP contribution in [0, 0.1) is 0 Å². The van der Waals surface area contributed by atoms with Crippen LogP contribution in [-0.4, -0.2) is 72.2 Å². The highest BCUT2D eigenvalue weighted by atomic mass is 19.4. The molecule has 19 heteroatoms. The molecule has 2 nitrogen and oxygen atoms in total. The van der Waals surface area contributed by atoms with Crippen LogP contribution in [-0.2, 0) is 4.79 Å². The van der Waals surface area contributed by atoms with E-state index in [0.29, 0.717) is 0 Å². The first-order chi connectivity index (χ1) is 13.1. The Hall–Kier alpha value is -1.72. The Morgan fingerprint density at radius 2 is 0.967 bits per heavy atom. The van der Waals surface area contributed by atoms with Gasteiger partial charge in [0.15, 0.2) is 24.7 Å². The zero-order valence-electron chi connectivity index (χ0n) is 13.2. The summed E-state index contributed by atoms with van der Waals surface area (Å²) in [7, 11) is 0. The van der Waals surface area contributed by atoms with Crippen molar-refractivity contribution in [1.82, 2.24) is 5.34 Å². The van der Waals surface area contributed by atoms with E-state index >= 15 is 0 Å². The molecule has 30 heavy (non-hydrogen) atoms. The van der Waals surface area contributed by atoms with Gasteiger partial charge in [0.2, 0.25) is 6.17 Å². The molecule has 0 bridgehead atoms. The molecule has 0 rings (SSSR count). The van der Waals surface area contributed by atoms with Crippen molar-refractivity contribution in [1.29, 1.82) is 0 Å². The van der Waals surface area contributed by atoms with E-state index in [4.69, 9.17) is 0 Å². The average molecular weight is 491 g/mol. The Labute approximate surface area is 153 Å². The molecule has 0 aromatic carbocycles. The maximum atomic E-state index is 13.3. The highest BCUT2D eigenvalue weighted by Crippen LogP contribution is 2.55. The van der Waals surface area contributed by atoms with Gasteiger partial charge in [0.25, 0.3) is 6.43 Å². The van der Waals surface area contributed by atoms with Crippen LogP contribution in [0.25, 0.3) is 0 Å². The molecular formula is C11H6F17NO. The normalized spacial score (nSPS) is 19.3. The molecule has 0 aliphatic rings. The van der Waals surface area contributed by atoms with Crippen molar-refractivity contribution >= 4 is 5.91 Å². The number of alkyl halides is 15. The molecule has 0 aromatic heterocycles. The summed E-state index contributed by atoms with van der Waals surface area (Å²) in [6, 6.07) is 0. The van der Waals surface area contributed by atoms with Crippen molar-refractivity contribution in [2.45, 2.75) is 61.0 Å². The van der Waals surface area contributed by atoms with Crippen molar-refractivity contribution in [3.8, 4) is 0 Å². The van der Waals surface area contributed by atoms with E-state index in [9.17, 15) is 79.6 Å². The van der Waals surface area contributed by atoms with E-state index in [-0.39, 0.29) is 0 Å². The Kier molecular flexibility index (Phi) is 8.29. The van der Waals surface area contributed by atoms with Crippen LogP contribution < -0.4 is 0 Å². The molecule has 0 heterocycles. The highest BCUT2D eigenvalue weighted by molar-refractivity contribution is 5.83. The van der Waals surface area contributed by atoms with E-state index in [0.717, 1.165) is 0 Å². The Balaban J connectivity index is 6.05. The summed E-state index contributed by atoms with van der Waals surface area (Å²) in [5.41, 5.74) is 0. The lowest BCUT2D eigenvalue weighted by Crippen LogP contribution is -2.68. The first-order valence-corrected chi connectivity index (χ1v) is 6.76. The fourth-order valence-electron chi connectivity index (χ4n) is 1.67. The molecule has 0 radical (unpaired) electrons. The van der Waals surface area contributed by atoms with E-state index < -0.39 is 72.2 Å². The van der Waals surface area contributed by atoms with Crippen molar-refractivity contribution in [2.24, 2.45) is 0 Å². The van der Waals surface area contributed by atoms with Gasteiger partial charge in [-0.25, -0.2) is 30.7 Å². The summed E-state index contributed by atoms with van der Waals surface area (Å²) >= 11 is 0. The number of halogens is 17. The minimum atomic E-state index is -7.94. The number of hydrogen-bond donors (Lipinski definition) is 0. The van der Waals surface area contributed by atoms with E-state index in [1.54, 1.807) is 0 Å². The monoisotopic (exact) mass is 491 g/mol. The standard InChI is InChI=1S/C11H6F17NO/c12-1(2(13)4(15)6(17)18)3(14)5(16)8(19,20)10(23,24)11(25,26)9(21,22)7(30)29(27)28/h1-6H. The molecule has 5 atom stereocenters. The molecule has 0 aliphatic carbocycles. The first-order valence-electron chi connectivity index (χ1n) is 6.76. The molecular weight excluding hydrogens is 485 g/mol. The third-order valence-corrected chi connectivity index (χ3v) is 3.41. The van der Waals surface area contributed by atoms with E-state index in [1.807, 2.05) is 0 Å². The summed E-state index contributed by atoms with van der Waals surface area (Å²) in [6.45, 7) is 0. The van der Waals surface area contributed by atoms with Gasteiger partial charge in [-0.15, -0.1) is 0 Å². The second-order valence-corrected chi connectivity index (χ2v) is 5.40. The van der Waals surface area contributed by atoms with Crippen LogP contribution >= 0.6 is 0 Å². The summed E-state index contributed by atoms with van der Waals surface area (Å²) in [5, 5.41) is -3.44. The minimum Gasteiger partial charge on any atom is -0.262 e. The average Bonchev–Trinajstić information content (AvgIpc) is 2.63. The number of carbonyl (C=O) groups is 1. The van der Waals surface area contributed by atoms with Crippen molar-refractivity contribution in [2.75, 3.05) is 0 Å². The van der Waals surface area contributed by atoms with Gasteiger partial charge in [0.05, 0.1) is 0 Å². The largest absolute Gasteiger partial charge is 0.398 e. The number of hydrogen-bond acceptors (Lipinski definition) is 1. The molecule has 0 N–H and O–H groups in total. The SMILES string of the molecule is O=C(N(F)F)C(F)(F)C(F)(F)C(F)(F)C(F)(F)C(F)C(F)C(F)C(F)C(F)C(F)F. The van der Waals surface area contributed by atoms with Gasteiger partial charge < -0.3 is 0 Å². The van der Waals surface area contributed by atoms with Gasteiger partial charge in [-0.05, 0) is 0 Å². The predicted molar refractivity (Wildman–Crippen MR) is 59.3 cm³/mol. The van der Waals surface area contributed by atoms with Crippen LogP contribution in [0.15, 0.2) is 0 Å². The number of rotatable bonds is 10. The summed E-state index contributed by atoms with van der Waals surface area (Å²) in [6.07, 6.45) is -29.0. The molecule has 0 aliphatic heterocycles. The summed E-state index contributed by atoms with van der Waals surface area (Å²) in [4.78, 5) is 10.2. The lowest BCUT2D eigenvalue weighted by Gasteiger charge is -2.38. The second-order valence-electron chi connectivity index (χ2n) is 5.40. The highest BCUT2D eigenvalue weighted by Gasteiger charge is 2.85. The maximum Gasteiger partial charge on any atom is 0.398 e. The Morgan fingerprint density at radius 3 is 1.30 bits per heavy atom. The molecule has 0 aromatic rings. The Bertz CT molecular complexity index is 594. The molecule has 0 saturated carbocycles. The number of amides is 1. The van der Waals surface area contributed by atoms with Crippen molar-refractivity contribution < 1.29 is 79.6 Å². The lowest BCUT2D eigenvalue weighted by atomic mass is 9.91. The summed E-state index contributed by atoms with van der Waals surface area (Å²) in [5.74, 6) is -35.2. The molecule has 1 amide bonds. The molecule has 5 unspecified atom stereocenters. The zero-order chi connectivity index (χ0) is 24.6.